The summed E-state index contributed by atoms with van der Waals surface area (Å²) in [5.41, 5.74) is 1.80. The van der Waals surface area contributed by atoms with Crippen LogP contribution >= 0.6 is 0 Å². The van der Waals surface area contributed by atoms with Gasteiger partial charge in [-0.25, -0.2) is 0 Å². The Hall–Kier alpha value is -1.64. The summed E-state index contributed by atoms with van der Waals surface area (Å²) in [7, 11) is 0. The van der Waals surface area contributed by atoms with Gasteiger partial charge in [-0.15, -0.1) is 0 Å². The highest BCUT2D eigenvalue weighted by molar-refractivity contribution is 6.23. The molecule has 1 aromatic rings. The topological polar surface area (TPSA) is 46.2 Å². The summed E-state index contributed by atoms with van der Waals surface area (Å²) in [5.74, 6) is -0.225. The number of nitrogens with one attached hydrogen (secondary N) is 1. The molecule has 0 unspecified atom stereocenters. The predicted molar refractivity (Wildman–Crippen MR) is 44.4 cm³/mol. The summed E-state index contributed by atoms with van der Waals surface area (Å²) >= 11 is 0. The van der Waals surface area contributed by atoms with Gasteiger partial charge in [-0.1, -0.05) is 12.1 Å². The minimum absolute atomic E-state index is 0.0679. The smallest absolute Gasteiger partial charge is 0.258 e. The maximum Gasteiger partial charge on any atom is 0.258 e. The van der Waals surface area contributed by atoms with Crippen molar-refractivity contribution >= 4 is 17.4 Å². The molecule has 1 amide bonds. The second kappa shape index (κ2) is 2.17. The van der Waals surface area contributed by atoms with Gasteiger partial charge in [0, 0.05) is 5.56 Å². The van der Waals surface area contributed by atoms with E-state index >= 15 is 0 Å². The number of hydrogen-bond donors (Lipinski definition) is 1. The first-order valence-corrected chi connectivity index (χ1v) is 3.65. The molecule has 2 rings (SSSR count). The fraction of sp³-hybridized carbons (Fsp3) is 0.111. The number of Topliss-reactive ketones (excluding diaryl/α,β-unsaturated/α-hetero) is 1. The molecule has 0 saturated carbocycles. The van der Waals surface area contributed by atoms with Crippen LogP contribution in [0.3, 0.4) is 0 Å². The number of fused-ring (bicyclic) bond motifs is 1. The third-order valence-electron chi connectivity index (χ3n) is 1.92. The fourth-order valence-corrected chi connectivity index (χ4v) is 1.32. The lowest BCUT2D eigenvalue weighted by Gasteiger charge is -2.21. The van der Waals surface area contributed by atoms with Crippen LogP contribution in [0.25, 0.3) is 0 Å². The van der Waals surface area contributed by atoms with E-state index in [-0.39, 0.29) is 11.7 Å². The Balaban J connectivity index is 2.64. The largest absolute Gasteiger partial charge is 0.321 e. The maximum absolute atomic E-state index is 11.0. The second-order valence-electron chi connectivity index (χ2n) is 2.74. The molecular formula is C9H7NO2. The molecule has 0 aromatic heterocycles. The van der Waals surface area contributed by atoms with E-state index in [1.54, 1.807) is 18.2 Å². The van der Waals surface area contributed by atoms with Gasteiger partial charge < -0.3 is 5.32 Å². The average molecular weight is 161 g/mol. The lowest BCUT2D eigenvalue weighted by Crippen LogP contribution is -2.27. The minimum atomic E-state index is -0.157. The van der Waals surface area contributed by atoms with Crippen LogP contribution in [-0.4, -0.2) is 11.7 Å². The predicted octanol–water partition coefficient (Wildman–Crippen LogP) is 1.45. The number of rotatable bonds is 1. The first-order chi connectivity index (χ1) is 5.70. The van der Waals surface area contributed by atoms with Crippen LogP contribution in [0, 0.1) is 0 Å². The van der Waals surface area contributed by atoms with Crippen molar-refractivity contribution in [3.05, 3.63) is 29.3 Å². The van der Waals surface area contributed by atoms with Gasteiger partial charge in [-0.05, 0) is 13.0 Å². The van der Waals surface area contributed by atoms with Crippen LogP contribution in [0.5, 0.6) is 0 Å². The van der Waals surface area contributed by atoms with E-state index in [1.165, 1.54) is 6.92 Å². The molecule has 1 aliphatic heterocycles. The summed E-state index contributed by atoms with van der Waals surface area (Å²) in [4.78, 5) is 22.0. The number of amides is 1. The highest BCUT2D eigenvalue weighted by atomic mass is 16.2. The molecular weight excluding hydrogens is 154 g/mol. The highest BCUT2D eigenvalue weighted by Crippen LogP contribution is 2.28. The van der Waals surface area contributed by atoms with Gasteiger partial charge in [0.2, 0.25) is 0 Å². The zero-order valence-electron chi connectivity index (χ0n) is 6.55. The highest BCUT2D eigenvalue weighted by Gasteiger charge is 2.26. The molecule has 3 nitrogen and oxygen atoms in total. The van der Waals surface area contributed by atoms with Crippen molar-refractivity contribution in [3.8, 4) is 0 Å². The van der Waals surface area contributed by atoms with E-state index < -0.39 is 0 Å². The number of hydrogen-bond acceptors (Lipinski definition) is 2. The summed E-state index contributed by atoms with van der Waals surface area (Å²) in [6.45, 7) is 1.46. The SMILES string of the molecule is CC(=O)c1cccc2c1C(=O)N2. The Morgan fingerprint density at radius 1 is 1.42 bits per heavy atom. The van der Waals surface area contributed by atoms with Crippen LogP contribution in [0.1, 0.15) is 27.6 Å². The fourth-order valence-electron chi connectivity index (χ4n) is 1.32. The van der Waals surface area contributed by atoms with Crippen molar-refractivity contribution in [1.29, 1.82) is 0 Å². The Morgan fingerprint density at radius 2 is 2.17 bits per heavy atom. The minimum Gasteiger partial charge on any atom is -0.321 e. The second-order valence-corrected chi connectivity index (χ2v) is 2.74. The van der Waals surface area contributed by atoms with Gasteiger partial charge in [-0.3, -0.25) is 9.59 Å². The molecule has 0 bridgehead atoms. The third-order valence-corrected chi connectivity index (χ3v) is 1.92. The quantitative estimate of drug-likeness (QED) is 0.633. The van der Waals surface area contributed by atoms with Crippen molar-refractivity contribution in [2.45, 2.75) is 6.92 Å². The van der Waals surface area contributed by atoms with E-state index in [1.807, 2.05) is 0 Å². The van der Waals surface area contributed by atoms with E-state index in [9.17, 15) is 9.59 Å². The van der Waals surface area contributed by atoms with Crippen LogP contribution in [0.4, 0.5) is 5.69 Å². The molecule has 1 heterocycles. The summed E-state index contributed by atoms with van der Waals surface area (Å²) in [5, 5.41) is 2.59. The Bertz CT molecular complexity index is 382. The van der Waals surface area contributed by atoms with Crippen molar-refractivity contribution in [2.75, 3.05) is 5.32 Å². The van der Waals surface area contributed by atoms with Crippen molar-refractivity contribution in [2.24, 2.45) is 0 Å². The molecule has 1 aromatic carbocycles. The molecule has 0 fully saturated rings. The molecule has 60 valence electrons. The standard InChI is InChI=1S/C9H7NO2/c1-5(11)6-3-2-4-7-8(6)9(12)10-7/h2-4H,1H3,(H,10,12). The normalized spacial score (nSPS) is 12.9. The number of benzene rings is 1. The van der Waals surface area contributed by atoms with Gasteiger partial charge in [0.15, 0.2) is 5.78 Å². The van der Waals surface area contributed by atoms with Crippen LogP contribution < -0.4 is 5.32 Å². The summed E-state index contributed by atoms with van der Waals surface area (Å²) in [6.07, 6.45) is 0. The van der Waals surface area contributed by atoms with Gasteiger partial charge in [0.1, 0.15) is 0 Å². The molecule has 12 heavy (non-hydrogen) atoms. The van der Waals surface area contributed by atoms with Gasteiger partial charge in [0.25, 0.3) is 5.91 Å². The number of ketones is 1. The molecule has 0 radical (unpaired) electrons. The number of anilines is 1. The molecule has 1 aliphatic rings. The summed E-state index contributed by atoms with van der Waals surface area (Å²) < 4.78 is 0. The van der Waals surface area contributed by atoms with Crippen LogP contribution in [-0.2, 0) is 0 Å². The lowest BCUT2D eigenvalue weighted by molar-refractivity contribution is 0.0976. The Morgan fingerprint density at radius 3 is 2.67 bits per heavy atom. The molecule has 3 heteroatoms. The van der Waals surface area contributed by atoms with E-state index in [2.05, 4.69) is 5.32 Å². The van der Waals surface area contributed by atoms with E-state index in [0.717, 1.165) is 5.69 Å². The van der Waals surface area contributed by atoms with Crippen molar-refractivity contribution in [1.82, 2.24) is 0 Å². The number of carbonyl (C=O) groups is 2. The van der Waals surface area contributed by atoms with Gasteiger partial charge in [-0.2, -0.15) is 0 Å². The molecule has 0 saturated heterocycles. The van der Waals surface area contributed by atoms with Crippen LogP contribution in [0.15, 0.2) is 18.2 Å². The average Bonchev–Trinajstić information content (AvgIpc) is 2.01. The van der Waals surface area contributed by atoms with E-state index in [4.69, 9.17) is 0 Å². The zero-order valence-corrected chi connectivity index (χ0v) is 6.55. The number of carbonyl (C=O) groups excluding carboxylic acids is 2. The Kier molecular flexibility index (Phi) is 1.27. The van der Waals surface area contributed by atoms with Crippen LogP contribution in [0.2, 0.25) is 0 Å². The van der Waals surface area contributed by atoms with Crippen molar-refractivity contribution < 1.29 is 9.59 Å². The first kappa shape index (κ1) is 7.03. The van der Waals surface area contributed by atoms with Gasteiger partial charge >= 0.3 is 0 Å². The molecule has 0 atom stereocenters. The molecule has 1 N–H and O–H groups in total. The lowest BCUT2D eigenvalue weighted by atomic mass is 9.97. The maximum atomic E-state index is 11.0. The molecule has 0 spiro atoms. The summed E-state index contributed by atoms with van der Waals surface area (Å²) in [6, 6.07) is 5.21. The van der Waals surface area contributed by atoms with Gasteiger partial charge in [0.05, 0.1) is 11.3 Å². The van der Waals surface area contributed by atoms with Crippen molar-refractivity contribution in [3.63, 3.8) is 0 Å². The third kappa shape index (κ3) is 0.763. The zero-order chi connectivity index (χ0) is 8.72. The monoisotopic (exact) mass is 161 g/mol. The van der Waals surface area contributed by atoms with E-state index in [0.29, 0.717) is 11.1 Å². The Labute approximate surface area is 69.4 Å². The molecule has 0 aliphatic carbocycles. The first-order valence-electron chi connectivity index (χ1n) is 3.65.